The predicted molar refractivity (Wildman–Crippen MR) is 271 cm³/mol. The van der Waals surface area contributed by atoms with Gasteiger partial charge in [-0.3, -0.25) is 0 Å². The van der Waals surface area contributed by atoms with Gasteiger partial charge in [-0.05, 0) is 55.8 Å². The van der Waals surface area contributed by atoms with Crippen molar-refractivity contribution in [1.29, 1.82) is 0 Å². The van der Waals surface area contributed by atoms with Crippen LogP contribution in [0.2, 0.25) is 0 Å². The summed E-state index contributed by atoms with van der Waals surface area (Å²) in [5, 5.41) is 0.933. The molecule has 0 amide bonds. The molecule has 0 heterocycles. The minimum Gasteiger partial charge on any atom is -0.167 e. The minimum atomic E-state index is 0.933. The summed E-state index contributed by atoms with van der Waals surface area (Å²) in [6.45, 7) is 2.30. The van der Waals surface area contributed by atoms with Crippen molar-refractivity contribution in [3.63, 3.8) is 0 Å². The predicted octanol–water partition coefficient (Wildman–Crippen LogP) is 16.8. The average Bonchev–Trinajstić information content (AvgIpc) is 3.11. The number of thiol groups is 1. The summed E-state index contributed by atoms with van der Waals surface area (Å²) in [5.74, 6) is 20.0. The standard InChI is InChI=1S/C36H74S13/c1-2-3-4-12-16-24-42-46-34-31-41-32-35-47-43-25-17-14-11-9-7-5-6-8-10-13-15-21-38-22-18-19-26-44-48-33-30-40-29-28-39-23-20-27-45-49-36-37/h37H,2-36H2,1H3. The molecule has 0 aliphatic rings. The highest BCUT2D eigenvalue weighted by Gasteiger charge is 1.99. The Morgan fingerprint density at radius 3 is 0.980 bits per heavy atom. The van der Waals surface area contributed by atoms with Crippen molar-refractivity contribution >= 4 is 146 Å². The SMILES string of the molecule is CCCCCCCSSCCSCCSSCCCCCCCCCCCCCSCCCCSSCCSCCSCCCSSCS. The lowest BCUT2D eigenvalue weighted by Gasteiger charge is -2.05. The van der Waals surface area contributed by atoms with Crippen LogP contribution in [0.3, 0.4) is 0 Å². The van der Waals surface area contributed by atoms with Crippen LogP contribution in [0.4, 0.5) is 0 Å². The molecule has 0 bridgehead atoms. The lowest BCUT2D eigenvalue weighted by atomic mass is 10.1. The Morgan fingerprint density at radius 1 is 0.245 bits per heavy atom. The van der Waals surface area contributed by atoms with Crippen LogP contribution in [0, 0.1) is 0 Å². The van der Waals surface area contributed by atoms with E-state index in [2.05, 4.69) is 131 Å². The fourth-order valence-electron chi connectivity index (χ4n) is 4.56. The first-order chi connectivity index (χ1) is 24.4. The zero-order valence-electron chi connectivity index (χ0n) is 31.1. The summed E-state index contributed by atoms with van der Waals surface area (Å²) in [7, 11) is 16.5. The molecule has 0 atom stereocenters. The van der Waals surface area contributed by atoms with Crippen LogP contribution in [0.1, 0.15) is 129 Å². The second-order valence-electron chi connectivity index (χ2n) is 11.8. The highest BCUT2D eigenvalue weighted by atomic mass is 33.1. The maximum Gasteiger partial charge on any atom is 0.0465 e. The summed E-state index contributed by atoms with van der Waals surface area (Å²) in [6, 6.07) is 0. The van der Waals surface area contributed by atoms with E-state index < -0.39 is 0 Å². The van der Waals surface area contributed by atoms with Crippen LogP contribution in [-0.2, 0) is 0 Å². The largest absolute Gasteiger partial charge is 0.167 e. The summed E-state index contributed by atoms with van der Waals surface area (Å²) < 4.78 is 0. The van der Waals surface area contributed by atoms with Crippen molar-refractivity contribution in [1.82, 2.24) is 0 Å². The number of rotatable bonds is 46. The minimum absolute atomic E-state index is 0.933. The van der Waals surface area contributed by atoms with Crippen molar-refractivity contribution in [2.24, 2.45) is 0 Å². The van der Waals surface area contributed by atoms with E-state index in [4.69, 9.17) is 0 Å². The molecule has 0 aromatic carbocycles. The molecular weight excluding hydrogens is 849 g/mol. The molecule has 0 spiro atoms. The smallest absolute Gasteiger partial charge is 0.0465 e. The van der Waals surface area contributed by atoms with Gasteiger partial charge in [0.2, 0.25) is 0 Å². The fraction of sp³-hybridized carbons (Fsp3) is 1.00. The van der Waals surface area contributed by atoms with Gasteiger partial charge in [-0.2, -0.15) is 59.7 Å². The lowest BCUT2D eigenvalue weighted by molar-refractivity contribution is 0.555. The zero-order valence-corrected chi connectivity index (χ0v) is 41.8. The van der Waals surface area contributed by atoms with Crippen LogP contribution in [-0.4, -0.2) is 91.4 Å². The molecule has 13 heteroatoms. The molecule has 0 saturated carbocycles. The topological polar surface area (TPSA) is 0 Å². The van der Waals surface area contributed by atoms with E-state index in [1.807, 2.05) is 21.6 Å². The van der Waals surface area contributed by atoms with Gasteiger partial charge in [-0.1, -0.05) is 177 Å². The van der Waals surface area contributed by atoms with Gasteiger partial charge in [0.1, 0.15) is 0 Å². The number of hydrogen-bond acceptors (Lipinski definition) is 13. The van der Waals surface area contributed by atoms with Crippen LogP contribution in [0.25, 0.3) is 0 Å². The summed E-state index contributed by atoms with van der Waals surface area (Å²) in [5.41, 5.74) is 0. The fourth-order valence-corrected chi connectivity index (χ4v) is 18.6. The molecule has 0 aromatic rings. The third-order valence-corrected chi connectivity index (χ3v) is 23.0. The van der Waals surface area contributed by atoms with Crippen molar-refractivity contribution in [3.05, 3.63) is 0 Å². The van der Waals surface area contributed by atoms with Crippen LogP contribution in [0.5, 0.6) is 0 Å². The summed E-state index contributed by atoms with van der Waals surface area (Å²) in [6.07, 6.45) is 27.2. The molecule has 0 N–H and O–H groups in total. The van der Waals surface area contributed by atoms with Gasteiger partial charge in [-0.25, -0.2) is 0 Å². The summed E-state index contributed by atoms with van der Waals surface area (Å²) in [4.78, 5) is 0. The quantitative estimate of drug-likeness (QED) is 0.0268. The van der Waals surface area contributed by atoms with E-state index in [9.17, 15) is 0 Å². The first-order valence-electron chi connectivity index (χ1n) is 19.3. The second kappa shape index (κ2) is 52.6. The van der Waals surface area contributed by atoms with Gasteiger partial charge < -0.3 is 0 Å². The Bertz CT molecular complexity index is 517. The van der Waals surface area contributed by atoms with Crippen molar-refractivity contribution in [2.45, 2.75) is 129 Å². The van der Waals surface area contributed by atoms with E-state index in [0.717, 1.165) is 5.08 Å². The molecule has 49 heavy (non-hydrogen) atoms. The zero-order chi connectivity index (χ0) is 35.2. The molecule has 296 valence electrons. The van der Waals surface area contributed by atoms with E-state index in [-0.39, 0.29) is 0 Å². The summed E-state index contributed by atoms with van der Waals surface area (Å²) >= 11 is 12.9. The molecular formula is C36H74S13. The van der Waals surface area contributed by atoms with Crippen LogP contribution >= 0.6 is 146 Å². The maximum absolute atomic E-state index is 4.23. The van der Waals surface area contributed by atoms with Crippen LogP contribution in [0.15, 0.2) is 0 Å². The Labute approximate surface area is 362 Å². The Hall–Kier alpha value is 4.55. The lowest BCUT2D eigenvalue weighted by Crippen LogP contribution is -1.91. The maximum atomic E-state index is 4.23. The van der Waals surface area contributed by atoms with Crippen molar-refractivity contribution in [3.8, 4) is 0 Å². The second-order valence-corrected chi connectivity index (χ2v) is 28.1. The molecule has 0 unspecified atom stereocenters. The molecule has 0 aliphatic heterocycles. The molecule has 0 aliphatic carbocycles. The van der Waals surface area contributed by atoms with Gasteiger partial charge in [0.05, 0.1) is 0 Å². The Balaban J connectivity index is 3.04. The molecule has 0 fully saturated rings. The van der Waals surface area contributed by atoms with E-state index in [0.29, 0.717) is 0 Å². The third kappa shape index (κ3) is 52.5. The molecule has 0 nitrogen and oxygen atoms in total. The molecule has 0 radical (unpaired) electrons. The third-order valence-electron chi connectivity index (χ3n) is 7.32. The van der Waals surface area contributed by atoms with Gasteiger partial charge in [0.15, 0.2) is 0 Å². The van der Waals surface area contributed by atoms with E-state index >= 15 is 0 Å². The van der Waals surface area contributed by atoms with Gasteiger partial charge >= 0.3 is 0 Å². The number of unbranched alkanes of at least 4 members (excludes halogenated alkanes) is 15. The van der Waals surface area contributed by atoms with Crippen molar-refractivity contribution < 1.29 is 0 Å². The van der Waals surface area contributed by atoms with Crippen molar-refractivity contribution in [2.75, 3.05) is 91.4 Å². The Morgan fingerprint density at radius 2 is 0.510 bits per heavy atom. The first-order valence-corrected chi connectivity index (χ1v) is 34.5. The molecule has 0 aromatic heterocycles. The average molecular weight is 924 g/mol. The monoisotopic (exact) mass is 922 g/mol. The van der Waals surface area contributed by atoms with E-state index in [1.54, 1.807) is 0 Å². The van der Waals surface area contributed by atoms with Gasteiger partial charge in [-0.15, -0.1) is 0 Å². The van der Waals surface area contributed by atoms with E-state index in [1.165, 1.54) is 208 Å². The van der Waals surface area contributed by atoms with Crippen LogP contribution < -0.4 is 0 Å². The molecule has 0 saturated heterocycles. The van der Waals surface area contributed by atoms with Gasteiger partial charge in [0, 0.05) is 74.1 Å². The normalized spacial score (nSPS) is 11.6. The highest BCUT2D eigenvalue weighted by Crippen LogP contribution is 2.27. The first kappa shape index (κ1) is 53.6. The Kier molecular flexibility index (Phi) is 57.4. The van der Waals surface area contributed by atoms with Gasteiger partial charge in [0.25, 0.3) is 0 Å². The highest BCUT2D eigenvalue weighted by molar-refractivity contribution is 8.78. The molecule has 0 rings (SSSR count). The number of thioether (sulfide) groups is 4. The number of hydrogen-bond donors (Lipinski definition) is 1.